The highest BCUT2D eigenvalue weighted by atomic mass is 15.3. The van der Waals surface area contributed by atoms with E-state index < -0.39 is 0 Å². The van der Waals surface area contributed by atoms with Crippen LogP contribution >= 0.6 is 0 Å². The fourth-order valence-corrected chi connectivity index (χ4v) is 2.25. The minimum Gasteiger partial charge on any atom is -0.298 e. The number of piperidine rings is 1. The first-order chi connectivity index (χ1) is 5.40. The summed E-state index contributed by atoms with van der Waals surface area (Å²) in [5.41, 5.74) is 0. The minimum atomic E-state index is 0.730. The molecule has 11 heavy (non-hydrogen) atoms. The standard InChI is InChI=1S/C9H18N2/c1-2-8-7-11-6-4-3-5-9(11)10-8/h8-10H,2-7H2,1H3. The van der Waals surface area contributed by atoms with Crippen LogP contribution in [0, 0.1) is 0 Å². The lowest BCUT2D eigenvalue weighted by Crippen LogP contribution is -2.39. The first-order valence-corrected chi connectivity index (χ1v) is 4.90. The van der Waals surface area contributed by atoms with Gasteiger partial charge < -0.3 is 0 Å². The molecule has 2 heterocycles. The molecule has 64 valence electrons. The predicted octanol–water partition coefficient (Wildman–Crippen LogP) is 1.18. The molecule has 0 aromatic heterocycles. The van der Waals surface area contributed by atoms with Gasteiger partial charge in [0.25, 0.3) is 0 Å². The third-order valence-electron chi connectivity index (χ3n) is 2.99. The van der Waals surface area contributed by atoms with Crippen molar-refractivity contribution in [3.63, 3.8) is 0 Å². The van der Waals surface area contributed by atoms with Crippen LogP contribution in [0.2, 0.25) is 0 Å². The lowest BCUT2D eigenvalue weighted by Gasteiger charge is -2.28. The van der Waals surface area contributed by atoms with E-state index in [0.717, 1.165) is 12.2 Å². The zero-order chi connectivity index (χ0) is 7.68. The van der Waals surface area contributed by atoms with E-state index in [2.05, 4.69) is 17.1 Å². The SMILES string of the molecule is CCC1CN2CCCCC2N1. The summed E-state index contributed by atoms with van der Waals surface area (Å²) in [6.07, 6.45) is 6.22. The molecule has 0 aromatic rings. The molecule has 2 fully saturated rings. The van der Waals surface area contributed by atoms with Gasteiger partial charge in [-0.15, -0.1) is 0 Å². The second-order valence-corrected chi connectivity index (χ2v) is 3.78. The number of fused-ring (bicyclic) bond motifs is 1. The van der Waals surface area contributed by atoms with E-state index in [-0.39, 0.29) is 0 Å². The molecule has 0 radical (unpaired) electrons. The van der Waals surface area contributed by atoms with Gasteiger partial charge in [0.05, 0.1) is 6.17 Å². The number of nitrogens with zero attached hydrogens (tertiary/aromatic N) is 1. The number of rotatable bonds is 1. The molecule has 0 spiro atoms. The van der Waals surface area contributed by atoms with Gasteiger partial charge in [0.1, 0.15) is 0 Å². The maximum atomic E-state index is 3.67. The quantitative estimate of drug-likeness (QED) is 0.610. The third kappa shape index (κ3) is 1.42. The Kier molecular flexibility index (Phi) is 2.14. The molecule has 0 saturated carbocycles. The minimum absolute atomic E-state index is 0.730. The average molecular weight is 154 g/mol. The Morgan fingerprint density at radius 2 is 2.36 bits per heavy atom. The van der Waals surface area contributed by atoms with Crippen molar-refractivity contribution in [1.29, 1.82) is 0 Å². The molecular formula is C9H18N2. The Bertz CT molecular complexity index is 122. The molecule has 2 saturated heterocycles. The Hall–Kier alpha value is -0.0800. The molecule has 2 aliphatic rings. The summed E-state index contributed by atoms with van der Waals surface area (Å²) in [6, 6.07) is 0.776. The van der Waals surface area contributed by atoms with Gasteiger partial charge in [0, 0.05) is 12.6 Å². The van der Waals surface area contributed by atoms with Crippen molar-refractivity contribution < 1.29 is 0 Å². The Labute approximate surface area is 69.0 Å². The summed E-state index contributed by atoms with van der Waals surface area (Å²) >= 11 is 0. The molecule has 2 nitrogen and oxygen atoms in total. The molecular weight excluding hydrogens is 136 g/mol. The monoisotopic (exact) mass is 154 g/mol. The summed E-state index contributed by atoms with van der Waals surface area (Å²) in [7, 11) is 0. The second kappa shape index (κ2) is 3.11. The van der Waals surface area contributed by atoms with E-state index in [0.29, 0.717) is 0 Å². The van der Waals surface area contributed by atoms with Gasteiger partial charge in [-0.3, -0.25) is 10.2 Å². The van der Waals surface area contributed by atoms with Gasteiger partial charge in [-0.25, -0.2) is 0 Å². The second-order valence-electron chi connectivity index (χ2n) is 3.78. The van der Waals surface area contributed by atoms with Crippen LogP contribution in [0.15, 0.2) is 0 Å². The smallest absolute Gasteiger partial charge is 0.0600 e. The van der Waals surface area contributed by atoms with Gasteiger partial charge >= 0.3 is 0 Å². The third-order valence-corrected chi connectivity index (χ3v) is 2.99. The highest BCUT2D eigenvalue weighted by Gasteiger charge is 2.31. The molecule has 2 unspecified atom stereocenters. The van der Waals surface area contributed by atoms with Crippen LogP contribution in [0.4, 0.5) is 0 Å². The Morgan fingerprint density at radius 1 is 1.45 bits per heavy atom. The van der Waals surface area contributed by atoms with Gasteiger partial charge in [0.2, 0.25) is 0 Å². The van der Waals surface area contributed by atoms with Crippen LogP contribution in [-0.2, 0) is 0 Å². The number of hydrogen-bond donors (Lipinski definition) is 1. The molecule has 1 N–H and O–H groups in total. The fourth-order valence-electron chi connectivity index (χ4n) is 2.25. The lowest BCUT2D eigenvalue weighted by atomic mass is 10.1. The maximum Gasteiger partial charge on any atom is 0.0600 e. The summed E-state index contributed by atoms with van der Waals surface area (Å²) in [5.74, 6) is 0. The molecule has 2 rings (SSSR count). The van der Waals surface area contributed by atoms with Crippen LogP contribution < -0.4 is 5.32 Å². The fraction of sp³-hybridized carbons (Fsp3) is 1.00. The number of nitrogens with one attached hydrogen (secondary N) is 1. The van der Waals surface area contributed by atoms with Crippen molar-refractivity contribution in [2.45, 2.75) is 44.8 Å². The van der Waals surface area contributed by atoms with Crippen LogP contribution in [0.25, 0.3) is 0 Å². The molecule has 0 aliphatic carbocycles. The van der Waals surface area contributed by atoms with E-state index in [1.165, 1.54) is 38.8 Å². The van der Waals surface area contributed by atoms with Gasteiger partial charge in [-0.1, -0.05) is 6.92 Å². The normalized spacial score (nSPS) is 39.0. The van der Waals surface area contributed by atoms with Crippen molar-refractivity contribution in [3.8, 4) is 0 Å². The van der Waals surface area contributed by atoms with Gasteiger partial charge in [-0.2, -0.15) is 0 Å². The van der Waals surface area contributed by atoms with Crippen molar-refractivity contribution in [3.05, 3.63) is 0 Å². The highest BCUT2D eigenvalue weighted by Crippen LogP contribution is 2.21. The highest BCUT2D eigenvalue weighted by molar-refractivity contribution is 4.87. The molecule has 2 atom stereocenters. The first-order valence-electron chi connectivity index (χ1n) is 4.90. The topological polar surface area (TPSA) is 15.3 Å². The molecule has 0 amide bonds. The maximum absolute atomic E-state index is 3.67. The first kappa shape index (κ1) is 7.56. The van der Waals surface area contributed by atoms with Gasteiger partial charge in [-0.05, 0) is 32.2 Å². The van der Waals surface area contributed by atoms with Crippen molar-refractivity contribution >= 4 is 0 Å². The van der Waals surface area contributed by atoms with E-state index in [4.69, 9.17) is 0 Å². The summed E-state index contributed by atoms with van der Waals surface area (Å²) in [5, 5.41) is 3.67. The van der Waals surface area contributed by atoms with Gasteiger partial charge in [0.15, 0.2) is 0 Å². The van der Waals surface area contributed by atoms with E-state index in [1.807, 2.05) is 0 Å². The van der Waals surface area contributed by atoms with Crippen LogP contribution in [0.3, 0.4) is 0 Å². The van der Waals surface area contributed by atoms with E-state index >= 15 is 0 Å². The van der Waals surface area contributed by atoms with Crippen molar-refractivity contribution in [1.82, 2.24) is 10.2 Å². The van der Waals surface area contributed by atoms with Crippen LogP contribution in [0.5, 0.6) is 0 Å². The largest absolute Gasteiger partial charge is 0.298 e. The molecule has 0 aromatic carbocycles. The van der Waals surface area contributed by atoms with E-state index in [9.17, 15) is 0 Å². The zero-order valence-electron chi connectivity index (χ0n) is 7.34. The number of hydrogen-bond acceptors (Lipinski definition) is 2. The van der Waals surface area contributed by atoms with Crippen molar-refractivity contribution in [2.24, 2.45) is 0 Å². The zero-order valence-corrected chi connectivity index (χ0v) is 7.34. The summed E-state index contributed by atoms with van der Waals surface area (Å²) in [6.45, 7) is 4.89. The van der Waals surface area contributed by atoms with Crippen molar-refractivity contribution in [2.75, 3.05) is 13.1 Å². The molecule has 2 aliphatic heterocycles. The van der Waals surface area contributed by atoms with E-state index in [1.54, 1.807) is 0 Å². The Morgan fingerprint density at radius 3 is 3.09 bits per heavy atom. The lowest BCUT2D eigenvalue weighted by molar-refractivity contribution is 0.186. The summed E-state index contributed by atoms with van der Waals surface area (Å²) < 4.78 is 0. The Balaban J connectivity index is 1.92. The summed E-state index contributed by atoms with van der Waals surface area (Å²) in [4.78, 5) is 2.61. The molecule has 2 heteroatoms. The molecule has 0 bridgehead atoms. The average Bonchev–Trinajstić information content (AvgIpc) is 2.46. The van der Waals surface area contributed by atoms with Crippen LogP contribution in [0.1, 0.15) is 32.6 Å². The predicted molar refractivity (Wildman–Crippen MR) is 46.4 cm³/mol. The van der Waals surface area contributed by atoms with Crippen LogP contribution in [-0.4, -0.2) is 30.2 Å².